The van der Waals surface area contributed by atoms with Crippen LogP contribution < -0.4 is 5.73 Å². The van der Waals surface area contributed by atoms with Gasteiger partial charge >= 0.3 is 0 Å². The lowest BCUT2D eigenvalue weighted by Crippen LogP contribution is -2.27. The monoisotopic (exact) mass is 276 g/mol. The normalized spacial score (nSPS) is 10.3. The highest BCUT2D eigenvalue weighted by molar-refractivity contribution is 5.94. The molecule has 5 heteroatoms. The summed E-state index contributed by atoms with van der Waals surface area (Å²) in [5.41, 5.74) is 6.80. The summed E-state index contributed by atoms with van der Waals surface area (Å²) >= 11 is 0. The zero-order chi connectivity index (χ0) is 14.7. The maximum atomic E-state index is 13.6. The third-order valence-corrected chi connectivity index (χ3v) is 2.99. The Balaban J connectivity index is 2.21. The molecule has 0 fully saturated rings. The maximum absolute atomic E-state index is 13.6. The van der Waals surface area contributed by atoms with Crippen molar-refractivity contribution in [3.63, 3.8) is 0 Å². The number of carbonyl (C=O) groups excluding carboxylic acids is 1. The molecular formula is C15H14F2N2O. The predicted molar refractivity (Wildman–Crippen MR) is 73.0 cm³/mol. The van der Waals surface area contributed by atoms with Crippen molar-refractivity contribution in [3.8, 4) is 0 Å². The van der Waals surface area contributed by atoms with Crippen molar-refractivity contribution in [2.24, 2.45) is 0 Å². The first-order chi connectivity index (χ1) is 9.50. The second kappa shape index (κ2) is 5.69. The molecule has 0 bridgehead atoms. The zero-order valence-corrected chi connectivity index (χ0v) is 10.9. The third kappa shape index (κ3) is 2.77. The fourth-order valence-electron chi connectivity index (χ4n) is 1.88. The Labute approximate surface area is 115 Å². The molecule has 0 heterocycles. The first kappa shape index (κ1) is 14.0. The lowest BCUT2D eigenvalue weighted by molar-refractivity contribution is 0.0779. The van der Waals surface area contributed by atoms with Crippen LogP contribution >= 0.6 is 0 Å². The number of hydrogen-bond acceptors (Lipinski definition) is 2. The number of carbonyl (C=O) groups is 1. The van der Waals surface area contributed by atoms with Crippen LogP contribution in [0.2, 0.25) is 0 Å². The number of nitrogens with two attached hydrogens (primary N) is 1. The fourth-order valence-corrected chi connectivity index (χ4v) is 1.88. The van der Waals surface area contributed by atoms with E-state index in [1.807, 2.05) is 0 Å². The number of anilines is 1. The molecule has 2 aromatic rings. The fraction of sp³-hybridized carbons (Fsp3) is 0.133. The van der Waals surface area contributed by atoms with E-state index in [0.717, 1.165) is 11.6 Å². The topological polar surface area (TPSA) is 46.3 Å². The number of rotatable bonds is 3. The van der Waals surface area contributed by atoms with E-state index in [2.05, 4.69) is 0 Å². The number of para-hydroxylation sites is 1. The van der Waals surface area contributed by atoms with Gasteiger partial charge in [0.25, 0.3) is 5.91 Å². The Kier molecular flexibility index (Phi) is 3.98. The number of benzene rings is 2. The van der Waals surface area contributed by atoms with Gasteiger partial charge in [-0.2, -0.15) is 0 Å². The summed E-state index contributed by atoms with van der Waals surface area (Å²) in [6, 6.07) is 10.6. The van der Waals surface area contributed by atoms with E-state index < -0.39 is 17.5 Å². The molecule has 0 spiro atoms. The minimum Gasteiger partial charge on any atom is -0.398 e. The average molecular weight is 276 g/mol. The molecule has 0 saturated carbocycles. The third-order valence-electron chi connectivity index (χ3n) is 2.99. The molecule has 0 saturated heterocycles. The van der Waals surface area contributed by atoms with E-state index in [1.165, 1.54) is 24.1 Å². The Morgan fingerprint density at radius 1 is 1.15 bits per heavy atom. The first-order valence-corrected chi connectivity index (χ1v) is 6.03. The van der Waals surface area contributed by atoms with Crippen LogP contribution in [0.3, 0.4) is 0 Å². The summed E-state index contributed by atoms with van der Waals surface area (Å²) in [7, 11) is 1.51. The van der Waals surface area contributed by atoms with E-state index in [9.17, 15) is 13.6 Å². The van der Waals surface area contributed by atoms with Crippen LogP contribution in [-0.2, 0) is 6.54 Å². The van der Waals surface area contributed by atoms with Gasteiger partial charge in [-0.1, -0.05) is 24.3 Å². The van der Waals surface area contributed by atoms with Gasteiger partial charge < -0.3 is 10.6 Å². The van der Waals surface area contributed by atoms with Crippen molar-refractivity contribution < 1.29 is 13.6 Å². The quantitative estimate of drug-likeness (QED) is 0.876. The van der Waals surface area contributed by atoms with Crippen molar-refractivity contribution in [2.45, 2.75) is 6.54 Å². The van der Waals surface area contributed by atoms with E-state index in [1.54, 1.807) is 24.3 Å². The molecule has 0 aromatic heterocycles. The van der Waals surface area contributed by atoms with E-state index in [4.69, 9.17) is 5.73 Å². The Hall–Kier alpha value is -2.43. The maximum Gasteiger partial charge on any atom is 0.256 e. The zero-order valence-electron chi connectivity index (χ0n) is 10.9. The van der Waals surface area contributed by atoms with Crippen LogP contribution in [0.25, 0.3) is 0 Å². The molecule has 2 rings (SSSR count). The average Bonchev–Trinajstić information content (AvgIpc) is 2.43. The van der Waals surface area contributed by atoms with Gasteiger partial charge in [-0.25, -0.2) is 8.78 Å². The highest BCUT2D eigenvalue weighted by Gasteiger charge is 2.19. The molecule has 2 N–H and O–H groups in total. The first-order valence-electron chi connectivity index (χ1n) is 6.03. The Morgan fingerprint density at radius 2 is 1.85 bits per heavy atom. The van der Waals surface area contributed by atoms with E-state index >= 15 is 0 Å². The molecule has 20 heavy (non-hydrogen) atoms. The molecule has 0 aliphatic carbocycles. The van der Waals surface area contributed by atoms with Gasteiger partial charge in [0.1, 0.15) is 0 Å². The highest BCUT2D eigenvalue weighted by atomic mass is 19.2. The Morgan fingerprint density at radius 3 is 2.55 bits per heavy atom. The lowest BCUT2D eigenvalue weighted by Gasteiger charge is -2.18. The van der Waals surface area contributed by atoms with Crippen molar-refractivity contribution in [2.75, 3.05) is 12.8 Å². The van der Waals surface area contributed by atoms with E-state index in [0.29, 0.717) is 5.69 Å². The number of nitrogens with zero attached hydrogens (tertiary/aromatic N) is 1. The molecule has 0 aliphatic heterocycles. The lowest BCUT2D eigenvalue weighted by atomic mass is 10.1. The summed E-state index contributed by atoms with van der Waals surface area (Å²) < 4.78 is 26.7. The number of amides is 1. The van der Waals surface area contributed by atoms with Crippen molar-refractivity contribution >= 4 is 11.6 Å². The van der Waals surface area contributed by atoms with Crippen LogP contribution in [0.5, 0.6) is 0 Å². The van der Waals surface area contributed by atoms with Crippen LogP contribution in [0.4, 0.5) is 14.5 Å². The van der Waals surface area contributed by atoms with Gasteiger partial charge in [-0.05, 0) is 23.8 Å². The summed E-state index contributed by atoms with van der Waals surface area (Å²) in [6.45, 7) is 0.224. The van der Waals surface area contributed by atoms with Crippen LogP contribution in [0.15, 0.2) is 42.5 Å². The van der Waals surface area contributed by atoms with Gasteiger partial charge in [0, 0.05) is 19.3 Å². The van der Waals surface area contributed by atoms with Crippen LogP contribution in [0.1, 0.15) is 15.9 Å². The summed E-state index contributed by atoms with van der Waals surface area (Å²) in [5.74, 6) is -2.76. The minimum atomic E-state index is -1.13. The summed E-state index contributed by atoms with van der Waals surface area (Å²) in [5, 5.41) is 0. The molecule has 0 unspecified atom stereocenters. The molecule has 104 valence electrons. The molecule has 2 aromatic carbocycles. The minimum absolute atomic E-state index is 0.224. The largest absolute Gasteiger partial charge is 0.398 e. The standard InChI is InChI=1S/C15H14F2N2O/c1-19(9-10-5-2-3-8-13(10)18)15(20)11-6-4-7-12(16)14(11)17/h2-8H,9,18H2,1H3. The second-order valence-electron chi connectivity index (χ2n) is 4.46. The molecule has 3 nitrogen and oxygen atoms in total. The van der Waals surface area contributed by atoms with Crippen molar-refractivity contribution in [3.05, 3.63) is 65.2 Å². The van der Waals surface area contributed by atoms with Gasteiger partial charge in [0.2, 0.25) is 0 Å². The summed E-state index contributed by atoms with van der Waals surface area (Å²) in [4.78, 5) is 13.4. The molecule has 0 aliphatic rings. The van der Waals surface area contributed by atoms with Gasteiger partial charge in [0.15, 0.2) is 11.6 Å². The van der Waals surface area contributed by atoms with Crippen LogP contribution in [-0.4, -0.2) is 17.9 Å². The number of halogens is 2. The van der Waals surface area contributed by atoms with Crippen molar-refractivity contribution in [1.82, 2.24) is 4.90 Å². The van der Waals surface area contributed by atoms with Gasteiger partial charge in [0.05, 0.1) is 5.56 Å². The van der Waals surface area contributed by atoms with Gasteiger partial charge in [-0.15, -0.1) is 0 Å². The van der Waals surface area contributed by atoms with E-state index in [-0.39, 0.29) is 12.1 Å². The number of hydrogen-bond donors (Lipinski definition) is 1. The Bertz CT molecular complexity index is 644. The highest BCUT2D eigenvalue weighted by Crippen LogP contribution is 2.17. The smallest absolute Gasteiger partial charge is 0.256 e. The van der Waals surface area contributed by atoms with Crippen molar-refractivity contribution in [1.29, 1.82) is 0 Å². The molecular weight excluding hydrogens is 262 g/mol. The van der Waals surface area contributed by atoms with Gasteiger partial charge in [-0.3, -0.25) is 4.79 Å². The summed E-state index contributed by atoms with van der Waals surface area (Å²) in [6.07, 6.45) is 0. The predicted octanol–water partition coefficient (Wildman–Crippen LogP) is 2.82. The SMILES string of the molecule is CN(Cc1ccccc1N)C(=O)c1cccc(F)c1F. The molecule has 0 atom stereocenters. The molecule has 0 radical (unpaired) electrons. The second-order valence-corrected chi connectivity index (χ2v) is 4.46. The number of nitrogen functional groups attached to an aromatic ring is 1. The van der Waals surface area contributed by atoms with Crippen LogP contribution in [0, 0.1) is 11.6 Å². The molecule has 1 amide bonds.